The largest absolute Gasteiger partial charge is 0.378 e. The molecule has 0 saturated carbocycles. The predicted octanol–water partition coefficient (Wildman–Crippen LogP) is 10.0. The maximum Gasteiger partial charge on any atom is 0.320 e. The maximum absolute atomic E-state index is 13.2. The van der Waals surface area contributed by atoms with Gasteiger partial charge in [0.25, 0.3) is 11.1 Å². The Morgan fingerprint density at radius 3 is 1.63 bits per heavy atom. The number of aryl methyl sites for hydroxylation is 4. The number of urea groups is 2. The number of aromatic nitrogens is 6. The summed E-state index contributed by atoms with van der Waals surface area (Å²) in [6.07, 6.45) is 9.16. The van der Waals surface area contributed by atoms with Crippen LogP contribution in [0.1, 0.15) is 104 Å². The molecule has 6 aromatic rings. The number of thiophene rings is 2. The molecule has 0 aromatic carbocycles. The summed E-state index contributed by atoms with van der Waals surface area (Å²) in [6.45, 7) is 8.30. The van der Waals surface area contributed by atoms with Crippen molar-refractivity contribution in [3.63, 3.8) is 0 Å². The highest BCUT2D eigenvalue weighted by Crippen LogP contribution is 2.31. The van der Waals surface area contributed by atoms with Crippen molar-refractivity contribution in [3.05, 3.63) is 111 Å². The van der Waals surface area contributed by atoms with Crippen molar-refractivity contribution in [2.75, 3.05) is 78.8 Å². The first-order valence-corrected chi connectivity index (χ1v) is 28.6. The van der Waals surface area contributed by atoms with Crippen LogP contribution in [0.5, 0.6) is 0 Å². The number of nitrogens with zero attached hydrogens (tertiary/aromatic N) is 9. The molecule has 4 saturated heterocycles. The molecule has 4 aliphatic rings. The molecule has 380 valence electrons. The first-order valence-electron chi connectivity index (χ1n) is 23.9. The first-order chi connectivity index (χ1) is 34.6. The van der Waals surface area contributed by atoms with E-state index in [0.29, 0.717) is 82.9 Å². The van der Waals surface area contributed by atoms with Gasteiger partial charge in [0, 0.05) is 96.1 Å². The SMILES string of the molecule is O=C(Cl)c1cscn1.O=C(N1CCOCC1)N1CCCC(c2cc(CCc3ccc(Cl)s3)[nH]n2)CC1.O=C(N1CCOCC1)N1CCCC(c2cc(CCc3ccc(Cl)s3)n(C(=O)c3cscn3)n2)CC1. The van der Waals surface area contributed by atoms with Crippen molar-refractivity contribution in [2.24, 2.45) is 0 Å². The first kappa shape index (κ1) is 53.1. The Morgan fingerprint density at radius 2 is 1.14 bits per heavy atom. The van der Waals surface area contributed by atoms with E-state index in [1.807, 2.05) is 37.8 Å². The second-order valence-corrected chi connectivity index (χ2v) is 22.9. The lowest BCUT2D eigenvalue weighted by Crippen LogP contribution is -2.48. The van der Waals surface area contributed by atoms with Crippen LogP contribution in [0.25, 0.3) is 0 Å². The van der Waals surface area contributed by atoms with Crippen LogP contribution in [0.4, 0.5) is 9.59 Å². The number of aromatic amines is 1. The van der Waals surface area contributed by atoms with Gasteiger partial charge >= 0.3 is 12.1 Å². The lowest BCUT2D eigenvalue weighted by Gasteiger charge is -2.32. The van der Waals surface area contributed by atoms with Crippen molar-refractivity contribution in [1.82, 2.24) is 49.5 Å². The second kappa shape index (κ2) is 26.6. The fraction of sp³-hybridized carbons (Fsp3) is 0.500. The third kappa shape index (κ3) is 15.2. The molecule has 10 rings (SSSR count). The van der Waals surface area contributed by atoms with Gasteiger partial charge in [-0.2, -0.15) is 14.9 Å². The molecule has 16 nitrogen and oxygen atoms in total. The van der Waals surface area contributed by atoms with Gasteiger partial charge < -0.3 is 29.1 Å². The summed E-state index contributed by atoms with van der Waals surface area (Å²) in [5.74, 6) is 0.426. The number of hydrogen-bond donors (Lipinski definition) is 1. The topological polar surface area (TPSA) is 172 Å². The molecular formula is C48H57Cl3N10O6S4. The van der Waals surface area contributed by atoms with Crippen LogP contribution < -0.4 is 0 Å². The number of ether oxygens (including phenoxy) is 2. The number of likely N-dealkylation sites (tertiary alicyclic amines) is 2. The molecule has 4 fully saturated rings. The fourth-order valence-electron chi connectivity index (χ4n) is 9.00. The van der Waals surface area contributed by atoms with E-state index in [2.05, 4.69) is 38.4 Å². The van der Waals surface area contributed by atoms with Crippen LogP contribution >= 0.6 is 80.1 Å². The van der Waals surface area contributed by atoms with E-state index in [4.69, 9.17) is 49.4 Å². The fourth-order valence-corrected chi connectivity index (χ4v) is 12.4. The van der Waals surface area contributed by atoms with Crippen molar-refractivity contribution in [2.45, 2.75) is 76.0 Å². The summed E-state index contributed by atoms with van der Waals surface area (Å²) in [6, 6.07) is 12.5. The van der Waals surface area contributed by atoms with E-state index in [-0.39, 0.29) is 23.9 Å². The summed E-state index contributed by atoms with van der Waals surface area (Å²) < 4.78 is 13.9. The van der Waals surface area contributed by atoms with E-state index in [1.165, 1.54) is 42.8 Å². The van der Waals surface area contributed by atoms with Gasteiger partial charge in [0.1, 0.15) is 11.4 Å². The number of halogens is 3. The smallest absolute Gasteiger partial charge is 0.320 e. The van der Waals surface area contributed by atoms with Crippen molar-refractivity contribution in [3.8, 4) is 0 Å². The summed E-state index contributed by atoms with van der Waals surface area (Å²) in [5, 5.41) is 15.4. The van der Waals surface area contributed by atoms with Crippen LogP contribution in [0.15, 0.2) is 58.2 Å². The zero-order valence-corrected chi connectivity index (χ0v) is 44.8. The number of rotatable bonds is 10. The average Bonchev–Trinajstić information content (AvgIpc) is 4.28. The molecule has 4 amide bonds. The Balaban J connectivity index is 0.000000167. The molecule has 2 unspecified atom stereocenters. The summed E-state index contributed by atoms with van der Waals surface area (Å²) >= 11 is 23.1. The Hall–Kier alpha value is -4.25. The summed E-state index contributed by atoms with van der Waals surface area (Å²) in [5.41, 5.74) is 8.09. The normalized spacial score (nSPS) is 18.7. The Kier molecular flexibility index (Phi) is 19.9. The molecule has 0 bridgehead atoms. The number of morpholine rings is 2. The highest BCUT2D eigenvalue weighted by Gasteiger charge is 2.30. The molecule has 23 heteroatoms. The molecule has 10 heterocycles. The summed E-state index contributed by atoms with van der Waals surface area (Å²) in [4.78, 5) is 67.2. The highest BCUT2D eigenvalue weighted by atomic mass is 35.5. The van der Waals surface area contributed by atoms with E-state index >= 15 is 0 Å². The third-order valence-corrected chi connectivity index (χ3v) is 16.8. The van der Waals surface area contributed by atoms with Gasteiger partial charge in [-0.25, -0.2) is 19.6 Å². The number of carbonyl (C=O) groups excluding carboxylic acids is 4. The number of hydrogen-bond acceptors (Lipinski definition) is 14. The summed E-state index contributed by atoms with van der Waals surface area (Å²) in [7, 11) is 0. The van der Waals surface area contributed by atoms with Gasteiger partial charge in [-0.1, -0.05) is 23.2 Å². The maximum atomic E-state index is 13.2. The van der Waals surface area contributed by atoms with Gasteiger partial charge in [0.05, 0.1) is 57.5 Å². The highest BCUT2D eigenvalue weighted by molar-refractivity contribution is 7.16. The lowest BCUT2D eigenvalue weighted by molar-refractivity contribution is 0.0435. The number of carbonyl (C=O) groups is 4. The zero-order chi connectivity index (χ0) is 49.5. The Morgan fingerprint density at radius 1 is 0.620 bits per heavy atom. The number of amides is 4. The minimum absolute atomic E-state index is 0.105. The molecular weight excluding hydrogens is 1050 g/mol. The van der Waals surface area contributed by atoms with Crippen LogP contribution in [-0.2, 0) is 35.2 Å². The average molecular weight is 1100 g/mol. The molecule has 2 atom stereocenters. The standard InChI is InChI=1S/C24H28ClN5O3S2.C20H27ClN4O2S.C4H2ClNOS/c25-22-6-5-19(35-22)4-3-18-14-20(27-30(18)23(31)21-15-34-16-26-21)17-2-1-8-28(9-7-17)24(32)29-10-12-33-13-11-29;21-19-6-5-17(28-19)4-3-16-14-18(23-22-16)15-2-1-8-24(9-7-15)20(26)25-10-12-27-13-11-25;5-4(7)3-1-8-2-6-3/h5-6,14-17H,1-4,7-13H2;5-6,14-15H,1-4,7-13H2,(H,22,23);1-2H. The van der Waals surface area contributed by atoms with Crippen molar-refractivity contribution in [1.29, 1.82) is 0 Å². The van der Waals surface area contributed by atoms with Crippen molar-refractivity contribution >= 4 is 103 Å². The lowest BCUT2D eigenvalue weighted by atomic mass is 9.96. The van der Waals surface area contributed by atoms with Crippen LogP contribution in [0, 0.1) is 0 Å². The third-order valence-electron chi connectivity index (χ3n) is 12.9. The van der Waals surface area contributed by atoms with Gasteiger partial charge in [0.15, 0.2) is 0 Å². The molecule has 6 aromatic heterocycles. The number of nitrogens with one attached hydrogen (secondary N) is 1. The van der Waals surface area contributed by atoms with E-state index in [0.717, 1.165) is 103 Å². The minimum Gasteiger partial charge on any atom is -0.378 e. The van der Waals surface area contributed by atoms with Crippen LogP contribution in [0.2, 0.25) is 8.67 Å². The number of thiazole rings is 2. The number of H-pyrrole nitrogens is 1. The van der Waals surface area contributed by atoms with Gasteiger partial charge in [0.2, 0.25) is 0 Å². The van der Waals surface area contributed by atoms with Crippen LogP contribution in [-0.4, -0.2) is 152 Å². The zero-order valence-electron chi connectivity index (χ0n) is 39.2. The second-order valence-electron chi connectivity index (χ2n) is 17.5. The van der Waals surface area contributed by atoms with Gasteiger partial charge in [-0.3, -0.25) is 14.7 Å². The van der Waals surface area contributed by atoms with Crippen LogP contribution in [0.3, 0.4) is 0 Å². The molecule has 1 N–H and O–H groups in total. The molecule has 0 spiro atoms. The quantitative estimate of drug-likeness (QED) is 0.130. The molecule has 4 aliphatic heterocycles. The van der Waals surface area contributed by atoms with E-state index in [9.17, 15) is 19.2 Å². The van der Waals surface area contributed by atoms with Crippen molar-refractivity contribution < 1.29 is 28.7 Å². The molecule has 0 aliphatic carbocycles. The minimum atomic E-state index is -0.494. The molecule has 0 radical (unpaired) electrons. The van der Waals surface area contributed by atoms with Gasteiger partial charge in [-0.15, -0.1) is 45.3 Å². The monoisotopic (exact) mass is 1100 g/mol. The van der Waals surface area contributed by atoms with Gasteiger partial charge in [-0.05, 0) is 112 Å². The molecule has 71 heavy (non-hydrogen) atoms. The predicted molar refractivity (Wildman–Crippen MR) is 280 cm³/mol. The van der Waals surface area contributed by atoms with E-state index in [1.54, 1.807) is 44.5 Å². The Bertz CT molecular complexity index is 2630. The Labute approximate surface area is 444 Å². The van der Waals surface area contributed by atoms with E-state index < -0.39 is 5.24 Å².